The van der Waals surface area contributed by atoms with Crippen molar-refractivity contribution in [2.45, 2.75) is 11.4 Å². The number of thioether (sulfide) groups is 1. The van der Waals surface area contributed by atoms with Gasteiger partial charge in [-0.25, -0.2) is 8.78 Å². The van der Waals surface area contributed by atoms with E-state index in [1.165, 1.54) is 51.9 Å². The van der Waals surface area contributed by atoms with Crippen molar-refractivity contribution in [3.8, 4) is 0 Å². The molecular weight excluding hydrogens is 442 g/mol. The molecule has 4 nitrogen and oxygen atoms in total. The molecule has 2 heterocycles. The topological polar surface area (TPSA) is 40.6 Å². The molecule has 0 bridgehead atoms. The first-order valence-electron chi connectivity index (χ1n) is 9.50. The van der Waals surface area contributed by atoms with Crippen LogP contribution >= 0.6 is 23.4 Å². The number of hydrogen-bond donors (Lipinski definition) is 0. The smallest absolute Gasteiger partial charge is 0.269 e. The van der Waals surface area contributed by atoms with Gasteiger partial charge < -0.3 is 4.90 Å². The molecule has 31 heavy (non-hydrogen) atoms. The Labute approximate surface area is 186 Å². The molecule has 3 aromatic rings. The summed E-state index contributed by atoms with van der Waals surface area (Å²) in [4.78, 5) is 28.2. The highest BCUT2D eigenvalue weighted by molar-refractivity contribution is 8.02. The van der Waals surface area contributed by atoms with Gasteiger partial charge in [-0.15, -0.1) is 11.8 Å². The number of benzene rings is 3. The number of anilines is 2. The number of nitrogens with zero attached hydrogens (tertiary/aromatic N) is 2. The maximum Gasteiger partial charge on any atom is 0.269 e. The van der Waals surface area contributed by atoms with E-state index in [-0.39, 0.29) is 28.8 Å². The number of rotatable bonds is 3. The van der Waals surface area contributed by atoms with Crippen LogP contribution in [0.2, 0.25) is 5.02 Å². The average molecular weight is 457 g/mol. The van der Waals surface area contributed by atoms with Gasteiger partial charge in [0, 0.05) is 21.8 Å². The molecule has 1 spiro atoms. The Balaban J connectivity index is 1.67. The molecule has 3 aromatic carbocycles. The molecule has 0 unspecified atom stereocenters. The van der Waals surface area contributed by atoms with Gasteiger partial charge in [-0.3, -0.25) is 14.5 Å². The predicted molar refractivity (Wildman–Crippen MR) is 117 cm³/mol. The van der Waals surface area contributed by atoms with E-state index in [1.54, 1.807) is 36.4 Å². The Morgan fingerprint density at radius 1 is 1.00 bits per heavy atom. The summed E-state index contributed by atoms with van der Waals surface area (Å²) >= 11 is 7.39. The summed E-state index contributed by atoms with van der Waals surface area (Å²) in [6, 6.07) is 17.0. The SMILES string of the molecule is O=C1CS[C@]2(C(=O)N(Cc3c(F)cccc3Cl)c3ccccc32)N1c1cccc(F)c1. The second-order valence-corrected chi connectivity index (χ2v) is 8.83. The van der Waals surface area contributed by atoms with E-state index in [2.05, 4.69) is 0 Å². The monoisotopic (exact) mass is 456 g/mol. The van der Waals surface area contributed by atoms with Crippen molar-refractivity contribution in [3.05, 3.63) is 94.5 Å². The van der Waals surface area contributed by atoms with Crippen LogP contribution in [0.5, 0.6) is 0 Å². The van der Waals surface area contributed by atoms with E-state index < -0.39 is 22.4 Å². The molecule has 5 rings (SSSR count). The van der Waals surface area contributed by atoms with Crippen LogP contribution in [-0.2, 0) is 21.0 Å². The van der Waals surface area contributed by atoms with E-state index in [1.807, 2.05) is 0 Å². The lowest BCUT2D eigenvalue weighted by Crippen LogP contribution is -2.49. The summed E-state index contributed by atoms with van der Waals surface area (Å²) in [5, 5.41) is 0.211. The van der Waals surface area contributed by atoms with E-state index in [4.69, 9.17) is 11.6 Å². The molecule has 0 aliphatic carbocycles. The van der Waals surface area contributed by atoms with Crippen LogP contribution < -0.4 is 9.80 Å². The van der Waals surface area contributed by atoms with Crippen molar-refractivity contribution in [2.75, 3.05) is 15.6 Å². The Morgan fingerprint density at radius 3 is 2.55 bits per heavy atom. The summed E-state index contributed by atoms with van der Waals surface area (Å²) in [7, 11) is 0. The summed E-state index contributed by atoms with van der Waals surface area (Å²) < 4.78 is 28.5. The minimum absolute atomic E-state index is 0.0604. The maximum absolute atomic E-state index is 14.5. The molecule has 1 atom stereocenters. The minimum atomic E-state index is -1.39. The Bertz CT molecular complexity index is 1220. The van der Waals surface area contributed by atoms with Gasteiger partial charge in [-0.2, -0.15) is 0 Å². The lowest BCUT2D eigenvalue weighted by molar-refractivity contribution is -0.123. The Morgan fingerprint density at radius 2 is 1.77 bits per heavy atom. The van der Waals surface area contributed by atoms with Crippen LogP contribution in [0, 0.1) is 11.6 Å². The van der Waals surface area contributed by atoms with Crippen LogP contribution in [0.15, 0.2) is 66.7 Å². The molecule has 2 aliphatic heterocycles. The molecule has 156 valence electrons. The zero-order valence-electron chi connectivity index (χ0n) is 16.0. The van der Waals surface area contributed by atoms with Crippen LogP contribution in [0.1, 0.15) is 11.1 Å². The molecule has 8 heteroatoms. The molecule has 1 saturated heterocycles. The van der Waals surface area contributed by atoms with Crippen molar-refractivity contribution < 1.29 is 18.4 Å². The average Bonchev–Trinajstić information content (AvgIpc) is 3.21. The number of para-hydroxylation sites is 1. The fourth-order valence-corrected chi connectivity index (χ4v) is 5.75. The van der Waals surface area contributed by atoms with Gasteiger partial charge in [0.2, 0.25) is 10.8 Å². The second-order valence-electron chi connectivity index (χ2n) is 7.25. The summed E-state index contributed by atoms with van der Waals surface area (Å²) in [5.41, 5.74) is 1.66. The van der Waals surface area contributed by atoms with Crippen molar-refractivity contribution in [2.24, 2.45) is 0 Å². The first-order valence-corrected chi connectivity index (χ1v) is 10.9. The van der Waals surface area contributed by atoms with Gasteiger partial charge in [0.05, 0.1) is 18.0 Å². The Kier molecular flexibility index (Phi) is 4.75. The van der Waals surface area contributed by atoms with E-state index in [9.17, 15) is 18.4 Å². The predicted octanol–water partition coefficient (Wildman–Crippen LogP) is 5.10. The van der Waals surface area contributed by atoms with Gasteiger partial charge >= 0.3 is 0 Å². The molecule has 2 aliphatic rings. The van der Waals surface area contributed by atoms with Crippen LogP contribution in [0.3, 0.4) is 0 Å². The van der Waals surface area contributed by atoms with Crippen molar-refractivity contribution in [1.29, 1.82) is 0 Å². The lowest BCUT2D eigenvalue weighted by atomic mass is 10.0. The quantitative estimate of drug-likeness (QED) is 0.550. The summed E-state index contributed by atoms with van der Waals surface area (Å²) in [6.45, 7) is -0.0884. The van der Waals surface area contributed by atoms with E-state index in [0.29, 0.717) is 16.9 Å². The van der Waals surface area contributed by atoms with Gasteiger partial charge in [-0.1, -0.05) is 41.9 Å². The second kappa shape index (κ2) is 7.35. The fourth-order valence-electron chi connectivity index (χ4n) is 4.17. The number of fused-ring (bicyclic) bond motifs is 2. The van der Waals surface area contributed by atoms with Gasteiger partial charge in [0.15, 0.2) is 0 Å². The molecule has 0 saturated carbocycles. The number of amides is 2. The largest absolute Gasteiger partial charge is 0.304 e. The highest BCUT2D eigenvalue weighted by Crippen LogP contribution is 2.56. The first-order chi connectivity index (χ1) is 14.9. The first kappa shape index (κ1) is 20.0. The standard InChI is InChI=1S/C23H15ClF2N2O2S/c24-18-8-4-9-19(26)16(18)12-27-20-10-2-1-7-17(20)23(22(27)30)28(21(29)13-31-23)15-6-3-5-14(25)11-15/h1-11H,12-13H2/t23-/m1/s1. The van der Waals surface area contributed by atoms with Gasteiger partial charge in [0.25, 0.3) is 5.91 Å². The maximum atomic E-state index is 14.5. The number of carbonyl (C=O) groups excluding carboxylic acids is 2. The molecule has 0 radical (unpaired) electrons. The highest BCUT2D eigenvalue weighted by Gasteiger charge is 2.61. The van der Waals surface area contributed by atoms with Gasteiger partial charge in [0.1, 0.15) is 11.6 Å². The van der Waals surface area contributed by atoms with Crippen LogP contribution in [0.4, 0.5) is 20.2 Å². The molecule has 2 amide bonds. The Hall–Kier alpha value is -2.90. The zero-order chi connectivity index (χ0) is 21.8. The third-order valence-electron chi connectivity index (χ3n) is 5.51. The van der Waals surface area contributed by atoms with Crippen molar-refractivity contribution in [3.63, 3.8) is 0 Å². The summed E-state index contributed by atoms with van der Waals surface area (Å²) in [6.07, 6.45) is 0. The molecule has 0 aromatic heterocycles. The number of hydrogen-bond acceptors (Lipinski definition) is 3. The van der Waals surface area contributed by atoms with Crippen LogP contribution in [-0.4, -0.2) is 17.6 Å². The highest BCUT2D eigenvalue weighted by atomic mass is 35.5. The normalized spacial score (nSPS) is 20.1. The van der Waals surface area contributed by atoms with Crippen molar-refractivity contribution >= 4 is 46.6 Å². The lowest BCUT2D eigenvalue weighted by Gasteiger charge is -2.33. The summed E-state index contributed by atoms with van der Waals surface area (Å²) in [5.74, 6) is -1.66. The molecule has 0 N–H and O–H groups in total. The van der Waals surface area contributed by atoms with E-state index in [0.717, 1.165) is 0 Å². The number of halogens is 3. The molecule has 1 fully saturated rings. The minimum Gasteiger partial charge on any atom is -0.304 e. The van der Waals surface area contributed by atoms with Gasteiger partial charge in [-0.05, 0) is 36.4 Å². The fraction of sp³-hybridized carbons (Fsp3) is 0.130. The third kappa shape index (κ3) is 2.95. The van der Waals surface area contributed by atoms with Crippen molar-refractivity contribution in [1.82, 2.24) is 0 Å². The molecular formula is C23H15ClF2N2O2S. The number of carbonyl (C=O) groups is 2. The third-order valence-corrected chi connectivity index (χ3v) is 7.25. The zero-order valence-corrected chi connectivity index (χ0v) is 17.6. The van der Waals surface area contributed by atoms with Crippen LogP contribution in [0.25, 0.3) is 0 Å². The van der Waals surface area contributed by atoms with E-state index >= 15 is 0 Å².